The second kappa shape index (κ2) is 3.43. The first-order valence-corrected chi connectivity index (χ1v) is 6.04. The van der Waals surface area contributed by atoms with E-state index >= 15 is 0 Å². The van der Waals surface area contributed by atoms with Gasteiger partial charge in [-0.15, -0.1) is 0 Å². The maximum absolute atomic E-state index is 12.3. The molecule has 2 aliphatic rings. The summed E-state index contributed by atoms with van der Waals surface area (Å²) in [6, 6.07) is 8.82. The molecule has 0 saturated carbocycles. The van der Waals surface area contributed by atoms with E-state index in [0.29, 0.717) is 5.56 Å². The maximum Gasteiger partial charge on any atom is 0.351 e. The third-order valence-electron chi connectivity index (χ3n) is 3.82. The lowest BCUT2D eigenvalue weighted by molar-refractivity contribution is -0.296. The van der Waals surface area contributed by atoms with E-state index in [1.807, 2.05) is 6.07 Å². The number of benzene rings is 1. The Morgan fingerprint density at radius 2 is 1.74 bits per heavy atom. The fourth-order valence-corrected chi connectivity index (χ4v) is 2.80. The van der Waals surface area contributed by atoms with Gasteiger partial charge < -0.3 is 4.74 Å². The largest absolute Gasteiger partial charge is 0.405 e. The molecule has 0 unspecified atom stereocenters. The van der Waals surface area contributed by atoms with Gasteiger partial charge in [-0.3, -0.25) is 14.3 Å². The minimum atomic E-state index is -1.53. The van der Waals surface area contributed by atoms with Crippen molar-refractivity contribution in [3.63, 3.8) is 0 Å². The van der Waals surface area contributed by atoms with E-state index in [9.17, 15) is 9.59 Å². The summed E-state index contributed by atoms with van der Waals surface area (Å²) >= 11 is 0. The molecule has 0 aromatic heterocycles. The molecule has 1 aromatic rings. The van der Waals surface area contributed by atoms with Gasteiger partial charge in [0.05, 0.1) is 0 Å². The lowest BCUT2D eigenvalue weighted by Crippen LogP contribution is -2.58. The molecule has 19 heavy (non-hydrogen) atoms. The van der Waals surface area contributed by atoms with Gasteiger partial charge in [0.1, 0.15) is 0 Å². The Bertz CT molecular complexity index is 568. The Morgan fingerprint density at radius 1 is 1.11 bits per heavy atom. The van der Waals surface area contributed by atoms with Crippen molar-refractivity contribution in [3.8, 4) is 0 Å². The summed E-state index contributed by atoms with van der Waals surface area (Å²) in [5.41, 5.74) is -2.37. The van der Waals surface area contributed by atoms with Crippen molar-refractivity contribution in [1.29, 1.82) is 0 Å². The van der Waals surface area contributed by atoms with Crippen molar-refractivity contribution in [2.24, 2.45) is 0 Å². The van der Waals surface area contributed by atoms with E-state index in [4.69, 9.17) is 14.2 Å². The summed E-state index contributed by atoms with van der Waals surface area (Å²) in [5, 5.41) is 0. The van der Waals surface area contributed by atoms with Crippen LogP contribution < -0.4 is 0 Å². The number of rotatable bonds is 2. The standard InChI is InChI=1S/C14H14O5/c1-9(15)12(2)14(10-7-5-4-6-8-10)11(16)17-13(3,18-12)19-14/h4-8H,1-3H3/t12-,13-,14+/m1/s1. The molecule has 2 heterocycles. The highest BCUT2D eigenvalue weighted by molar-refractivity contribution is 5.98. The van der Waals surface area contributed by atoms with Crippen molar-refractivity contribution < 1.29 is 23.8 Å². The first-order valence-electron chi connectivity index (χ1n) is 6.04. The summed E-state index contributed by atoms with van der Waals surface area (Å²) in [7, 11) is 0. The zero-order valence-corrected chi connectivity index (χ0v) is 10.9. The molecule has 0 radical (unpaired) electrons. The van der Waals surface area contributed by atoms with Crippen LogP contribution in [0.1, 0.15) is 26.3 Å². The predicted octanol–water partition coefficient (Wildman–Crippen LogP) is 1.51. The van der Waals surface area contributed by atoms with Crippen LogP contribution in [0.25, 0.3) is 0 Å². The predicted molar refractivity (Wildman–Crippen MR) is 63.9 cm³/mol. The third kappa shape index (κ3) is 1.31. The Hall–Kier alpha value is -1.72. The van der Waals surface area contributed by atoms with Gasteiger partial charge in [-0.05, 0) is 19.4 Å². The third-order valence-corrected chi connectivity index (χ3v) is 3.82. The van der Waals surface area contributed by atoms with Crippen LogP contribution in [0.4, 0.5) is 0 Å². The molecule has 2 fully saturated rings. The van der Waals surface area contributed by atoms with Crippen LogP contribution in [0, 0.1) is 0 Å². The summed E-state index contributed by atoms with van der Waals surface area (Å²) in [5.74, 6) is -2.38. The van der Waals surface area contributed by atoms with E-state index in [1.54, 1.807) is 31.2 Å². The Labute approximate surface area is 110 Å². The van der Waals surface area contributed by atoms with E-state index in [1.165, 1.54) is 13.8 Å². The van der Waals surface area contributed by atoms with Crippen LogP contribution in [0.15, 0.2) is 30.3 Å². The second-order valence-corrected chi connectivity index (χ2v) is 5.09. The normalized spacial score (nSPS) is 40.3. The molecule has 0 amide bonds. The molecule has 1 aromatic carbocycles. The average Bonchev–Trinajstić information content (AvgIpc) is 2.75. The number of fused-ring (bicyclic) bond motifs is 2. The van der Waals surface area contributed by atoms with Gasteiger partial charge in [0.25, 0.3) is 0 Å². The Kier molecular flexibility index (Phi) is 2.23. The van der Waals surface area contributed by atoms with Crippen LogP contribution in [0.3, 0.4) is 0 Å². The van der Waals surface area contributed by atoms with Crippen molar-refractivity contribution in [2.45, 2.75) is 37.9 Å². The lowest BCUT2D eigenvalue weighted by Gasteiger charge is -2.37. The van der Waals surface area contributed by atoms with Crippen LogP contribution in [-0.4, -0.2) is 23.3 Å². The highest BCUT2D eigenvalue weighted by atomic mass is 17.0. The zero-order valence-electron chi connectivity index (χ0n) is 10.9. The summed E-state index contributed by atoms with van der Waals surface area (Å²) in [4.78, 5) is 24.3. The van der Waals surface area contributed by atoms with Crippen LogP contribution in [-0.2, 0) is 29.4 Å². The molecule has 2 bridgehead atoms. The minimum Gasteiger partial charge on any atom is -0.405 e. The van der Waals surface area contributed by atoms with Gasteiger partial charge in [0.15, 0.2) is 11.4 Å². The van der Waals surface area contributed by atoms with E-state index in [-0.39, 0.29) is 5.78 Å². The summed E-state index contributed by atoms with van der Waals surface area (Å²) in [6.07, 6.45) is 0. The lowest BCUT2D eigenvalue weighted by atomic mass is 9.76. The fourth-order valence-electron chi connectivity index (χ4n) is 2.80. The topological polar surface area (TPSA) is 61.8 Å². The van der Waals surface area contributed by atoms with Gasteiger partial charge in [-0.25, -0.2) is 4.79 Å². The van der Waals surface area contributed by atoms with Crippen molar-refractivity contribution >= 4 is 11.8 Å². The number of carbonyl (C=O) groups is 2. The molecule has 100 valence electrons. The van der Waals surface area contributed by atoms with Gasteiger partial charge in [-0.2, -0.15) is 0 Å². The number of hydrogen-bond acceptors (Lipinski definition) is 5. The average molecular weight is 262 g/mol. The number of ether oxygens (including phenoxy) is 3. The monoisotopic (exact) mass is 262 g/mol. The molecule has 3 rings (SSSR count). The highest BCUT2D eigenvalue weighted by Crippen LogP contribution is 2.57. The first kappa shape index (κ1) is 12.3. The molecule has 0 N–H and O–H groups in total. The van der Waals surface area contributed by atoms with Crippen LogP contribution in [0.2, 0.25) is 0 Å². The maximum atomic E-state index is 12.3. The zero-order chi connectivity index (χ0) is 13.9. The molecule has 0 aliphatic carbocycles. The molecule has 3 atom stereocenters. The summed E-state index contributed by atoms with van der Waals surface area (Å²) < 4.78 is 16.4. The molecular weight excluding hydrogens is 248 g/mol. The van der Waals surface area contributed by atoms with Crippen LogP contribution in [0.5, 0.6) is 0 Å². The molecule has 0 spiro atoms. The van der Waals surface area contributed by atoms with Gasteiger partial charge in [0, 0.05) is 6.92 Å². The molecule has 2 saturated heterocycles. The number of ketones is 1. The van der Waals surface area contributed by atoms with Crippen molar-refractivity contribution in [3.05, 3.63) is 35.9 Å². The van der Waals surface area contributed by atoms with Gasteiger partial charge in [-0.1, -0.05) is 30.3 Å². The van der Waals surface area contributed by atoms with E-state index in [0.717, 1.165) is 0 Å². The molecule has 2 aliphatic heterocycles. The molecule has 5 heteroatoms. The number of hydrogen-bond donors (Lipinski definition) is 0. The highest BCUT2D eigenvalue weighted by Gasteiger charge is 2.77. The first-order chi connectivity index (χ1) is 8.84. The number of esters is 1. The smallest absolute Gasteiger partial charge is 0.351 e. The SMILES string of the molecule is CC(=O)[C@@]1(C)O[C@@]2(C)OC(=O)[C@]1(c1ccccc1)O2. The fraction of sp³-hybridized carbons (Fsp3) is 0.429. The van der Waals surface area contributed by atoms with Crippen molar-refractivity contribution in [1.82, 2.24) is 0 Å². The Balaban J connectivity index is 2.26. The quantitative estimate of drug-likeness (QED) is 0.756. The Morgan fingerprint density at radius 3 is 2.26 bits per heavy atom. The van der Waals surface area contributed by atoms with E-state index in [2.05, 4.69) is 0 Å². The van der Waals surface area contributed by atoms with Crippen LogP contribution >= 0.6 is 0 Å². The number of Topliss-reactive ketones (excluding diaryl/α,β-unsaturated/α-hetero) is 1. The minimum absolute atomic E-state index is 0.281. The molecule has 5 nitrogen and oxygen atoms in total. The van der Waals surface area contributed by atoms with Gasteiger partial charge >= 0.3 is 11.9 Å². The molecular formula is C14H14O5. The second-order valence-electron chi connectivity index (χ2n) is 5.09. The number of carbonyl (C=O) groups excluding carboxylic acids is 2. The van der Waals surface area contributed by atoms with Crippen molar-refractivity contribution in [2.75, 3.05) is 0 Å². The van der Waals surface area contributed by atoms with Gasteiger partial charge in [0.2, 0.25) is 5.60 Å². The van der Waals surface area contributed by atoms with E-state index < -0.39 is 23.1 Å². The summed E-state index contributed by atoms with van der Waals surface area (Å²) in [6.45, 7) is 4.43.